The summed E-state index contributed by atoms with van der Waals surface area (Å²) < 4.78 is 43.1. The van der Waals surface area contributed by atoms with Crippen molar-refractivity contribution in [3.8, 4) is 11.5 Å². The van der Waals surface area contributed by atoms with Crippen molar-refractivity contribution in [1.82, 2.24) is 4.31 Å². The van der Waals surface area contributed by atoms with Crippen molar-refractivity contribution in [1.29, 1.82) is 0 Å². The number of ether oxygens (including phenoxy) is 3. The first kappa shape index (κ1) is 20.6. The number of fused-ring (bicyclic) bond motifs is 1. The highest BCUT2D eigenvalue weighted by Crippen LogP contribution is 2.31. The molecule has 2 heterocycles. The third-order valence-corrected chi connectivity index (χ3v) is 7.17. The van der Waals surface area contributed by atoms with Crippen molar-refractivity contribution >= 4 is 21.6 Å². The van der Waals surface area contributed by atoms with E-state index >= 15 is 0 Å². The third-order valence-electron chi connectivity index (χ3n) is 5.28. The lowest BCUT2D eigenvalue weighted by Crippen LogP contribution is -2.40. The summed E-state index contributed by atoms with van der Waals surface area (Å²) in [5.41, 5.74) is 1.58. The van der Waals surface area contributed by atoms with Crippen molar-refractivity contribution in [3.05, 3.63) is 48.0 Å². The van der Waals surface area contributed by atoms with Gasteiger partial charge < -0.3 is 19.1 Å². The number of nitrogens with zero attached hydrogens (tertiary/aromatic N) is 2. The molecule has 0 N–H and O–H groups in total. The van der Waals surface area contributed by atoms with E-state index in [0.29, 0.717) is 50.8 Å². The lowest BCUT2D eigenvalue weighted by atomic mass is 10.2. The molecule has 2 aliphatic rings. The summed E-state index contributed by atoms with van der Waals surface area (Å²) in [6.07, 6.45) is 0.607. The van der Waals surface area contributed by atoms with E-state index in [2.05, 4.69) is 0 Å². The van der Waals surface area contributed by atoms with E-state index in [1.807, 2.05) is 0 Å². The Labute approximate surface area is 176 Å². The molecule has 4 rings (SSSR count). The Hall–Kier alpha value is -2.62. The average molecular weight is 432 g/mol. The van der Waals surface area contributed by atoms with Crippen LogP contribution in [0, 0.1) is 0 Å². The molecule has 0 atom stereocenters. The number of amides is 1. The van der Waals surface area contributed by atoms with Crippen LogP contribution >= 0.6 is 0 Å². The summed E-state index contributed by atoms with van der Waals surface area (Å²) in [4.78, 5) is 14.6. The van der Waals surface area contributed by atoms with Gasteiger partial charge in [-0.1, -0.05) is 0 Å². The van der Waals surface area contributed by atoms with Crippen LogP contribution in [0.2, 0.25) is 0 Å². The first-order chi connectivity index (χ1) is 14.5. The lowest BCUT2D eigenvalue weighted by molar-refractivity contribution is -0.120. The van der Waals surface area contributed by atoms with E-state index in [9.17, 15) is 13.2 Å². The maximum Gasteiger partial charge on any atom is 0.264 e. The molecule has 1 fully saturated rings. The maximum absolute atomic E-state index is 12.9. The minimum Gasteiger partial charge on any atom is -0.497 e. The smallest absolute Gasteiger partial charge is 0.264 e. The van der Waals surface area contributed by atoms with Gasteiger partial charge in [0.1, 0.15) is 11.5 Å². The Bertz CT molecular complexity index is 1020. The van der Waals surface area contributed by atoms with Crippen LogP contribution in [0.3, 0.4) is 0 Å². The number of anilines is 1. The average Bonchev–Trinajstić information content (AvgIpc) is 3.22. The fourth-order valence-electron chi connectivity index (χ4n) is 3.63. The molecule has 8 nitrogen and oxygen atoms in total. The highest BCUT2D eigenvalue weighted by Gasteiger charge is 2.30. The minimum absolute atomic E-state index is 0.0976. The standard InChI is InChI=1S/C21H24N2O6S/c1-27-17-2-4-18(5-3-17)29-15-21(24)23-9-8-16-14-19(6-7-20(16)23)30(25,26)22-10-12-28-13-11-22/h2-7,14H,8-13,15H2,1H3. The molecule has 2 aliphatic heterocycles. The normalized spacial score (nSPS) is 16.9. The van der Waals surface area contributed by atoms with Crippen molar-refractivity contribution in [3.63, 3.8) is 0 Å². The van der Waals surface area contributed by atoms with Crippen LogP contribution in [-0.4, -0.2) is 65.2 Å². The number of hydrogen-bond donors (Lipinski definition) is 0. The Balaban J connectivity index is 1.44. The first-order valence-corrected chi connectivity index (χ1v) is 11.2. The number of rotatable bonds is 6. The summed E-state index contributed by atoms with van der Waals surface area (Å²) in [7, 11) is -1.97. The molecule has 30 heavy (non-hydrogen) atoms. The summed E-state index contributed by atoms with van der Waals surface area (Å²) in [6, 6.07) is 12.0. The highest BCUT2D eigenvalue weighted by molar-refractivity contribution is 7.89. The van der Waals surface area contributed by atoms with Crippen LogP contribution in [0.15, 0.2) is 47.4 Å². The van der Waals surface area contributed by atoms with Gasteiger partial charge in [-0.15, -0.1) is 0 Å². The van der Waals surface area contributed by atoms with Crippen molar-refractivity contribution < 1.29 is 27.4 Å². The molecule has 0 aliphatic carbocycles. The van der Waals surface area contributed by atoms with Gasteiger partial charge in [0, 0.05) is 25.3 Å². The lowest BCUT2D eigenvalue weighted by Gasteiger charge is -2.26. The SMILES string of the molecule is COc1ccc(OCC(=O)N2CCc3cc(S(=O)(=O)N4CCOCC4)ccc32)cc1. The van der Waals surface area contributed by atoms with Gasteiger partial charge in [0.15, 0.2) is 6.61 Å². The monoisotopic (exact) mass is 432 g/mol. The van der Waals surface area contributed by atoms with E-state index in [-0.39, 0.29) is 17.4 Å². The molecular formula is C21H24N2O6S. The van der Waals surface area contributed by atoms with Crippen molar-refractivity contribution in [2.24, 2.45) is 0 Å². The zero-order chi connectivity index (χ0) is 21.1. The second-order valence-corrected chi connectivity index (χ2v) is 9.00. The number of hydrogen-bond acceptors (Lipinski definition) is 6. The van der Waals surface area contributed by atoms with Gasteiger partial charge in [-0.05, 0) is 54.4 Å². The number of benzene rings is 2. The van der Waals surface area contributed by atoms with Crippen LogP contribution < -0.4 is 14.4 Å². The van der Waals surface area contributed by atoms with Gasteiger partial charge in [-0.3, -0.25) is 4.79 Å². The minimum atomic E-state index is -3.56. The number of carbonyl (C=O) groups is 1. The van der Waals surface area contributed by atoms with Gasteiger partial charge >= 0.3 is 0 Å². The number of carbonyl (C=O) groups excluding carboxylic acids is 1. The summed E-state index contributed by atoms with van der Waals surface area (Å²) >= 11 is 0. The highest BCUT2D eigenvalue weighted by atomic mass is 32.2. The summed E-state index contributed by atoms with van der Waals surface area (Å²) in [5.74, 6) is 1.12. The van der Waals surface area contributed by atoms with Crippen molar-refractivity contribution in [2.75, 3.05) is 51.5 Å². The van der Waals surface area contributed by atoms with Crippen LogP contribution in [0.1, 0.15) is 5.56 Å². The van der Waals surface area contributed by atoms with E-state index in [1.165, 1.54) is 4.31 Å². The van der Waals surface area contributed by atoms with E-state index in [4.69, 9.17) is 14.2 Å². The molecule has 0 saturated carbocycles. The molecule has 2 aromatic rings. The molecule has 2 aromatic carbocycles. The van der Waals surface area contributed by atoms with Crippen LogP contribution in [0.4, 0.5) is 5.69 Å². The molecule has 9 heteroatoms. The van der Waals surface area contributed by atoms with Crippen molar-refractivity contribution in [2.45, 2.75) is 11.3 Å². The number of morpholine rings is 1. The molecule has 0 radical (unpaired) electrons. The number of sulfonamides is 1. The van der Waals surface area contributed by atoms with Crippen LogP contribution in [0.5, 0.6) is 11.5 Å². The topological polar surface area (TPSA) is 85.4 Å². The first-order valence-electron chi connectivity index (χ1n) is 9.77. The molecular weight excluding hydrogens is 408 g/mol. The van der Waals surface area contributed by atoms with E-state index in [0.717, 1.165) is 11.3 Å². The molecule has 0 aromatic heterocycles. The zero-order valence-corrected chi connectivity index (χ0v) is 17.6. The quantitative estimate of drug-likeness (QED) is 0.691. The van der Waals surface area contributed by atoms with Gasteiger partial charge in [-0.2, -0.15) is 4.31 Å². The molecule has 0 spiro atoms. The number of methoxy groups -OCH3 is 1. The molecule has 0 bridgehead atoms. The molecule has 1 amide bonds. The van der Waals surface area contributed by atoms with Crippen LogP contribution in [-0.2, 0) is 26.0 Å². The van der Waals surface area contributed by atoms with Gasteiger partial charge in [0.2, 0.25) is 10.0 Å². The van der Waals surface area contributed by atoms with E-state index < -0.39 is 10.0 Å². The largest absolute Gasteiger partial charge is 0.497 e. The Morgan fingerprint density at radius 2 is 1.73 bits per heavy atom. The fraction of sp³-hybridized carbons (Fsp3) is 0.381. The summed E-state index contributed by atoms with van der Waals surface area (Å²) in [6.45, 7) is 1.92. The molecule has 1 saturated heterocycles. The van der Waals surface area contributed by atoms with E-state index in [1.54, 1.807) is 54.5 Å². The van der Waals surface area contributed by atoms with Gasteiger partial charge in [0.25, 0.3) is 5.91 Å². The second-order valence-electron chi connectivity index (χ2n) is 7.07. The van der Waals surface area contributed by atoms with Crippen LogP contribution in [0.25, 0.3) is 0 Å². The third kappa shape index (κ3) is 4.14. The van der Waals surface area contributed by atoms with Gasteiger partial charge in [-0.25, -0.2) is 8.42 Å². The Morgan fingerprint density at radius 1 is 1.03 bits per heavy atom. The molecule has 0 unspecified atom stereocenters. The Morgan fingerprint density at radius 3 is 2.43 bits per heavy atom. The van der Waals surface area contributed by atoms with Gasteiger partial charge in [0.05, 0.1) is 25.2 Å². The maximum atomic E-state index is 12.9. The molecule has 160 valence electrons. The zero-order valence-electron chi connectivity index (χ0n) is 16.7. The predicted octanol–water partition coefficient (Wildman–Crippen LogP) is 1.68. The summed E-state index contributed by atoms with van der Waals surface area (Å²) in [5, 5.41) is 0. The Kier molecular flexibility index (Phi) is 5.94. The predicted molar refractivity (Wildman–Crippen MR) is 111 cm³/mol. The fourth-order valence-corrected chi connectivity index (χ4v) is 5.09. The second kappa shape index (κ2) is 8.63.